The van der Waals surface area contributed by atoms with Crippen LogP contribution in [-0.4, -0.2) is 18.5 Å². The van der Waals surface area contributed by atoms with Gasteiger partial charge in [-0.1, -0.05) is 103 Å². The van der Waals surface area contributed by atoms with E-state index in [-0.39, 0.29) is 5.56 Å². The minimum Gasteiger partial charge on any atom is -0.309 e. The molecule has 0 aliphatic heterocycles. The molecule has 0 unspecified atom stereocenters. The van der Waals surface area contributed by atoms with Crippen molar-refractivity contribution in [2.75, 3.05) is 0 Å². The fourth-order valence-electron chi connectivity index (χ4n) is 7.40. The van der Waals surface area contributed by atoms with Crippen molar-refractivity contribution in [3.8, 4) is 33.6 Å². The Bertz CT molecular complexity index is 2940. The van der Waals surface area contributed by atoms with E-state index < -0.39 is 0 Å². The average molecular weight is 629 g/mol. The Hall–Kier alpha value is -6.72. The van der Waals surface area contributed by atoms with E-state index in [0.717, 1.165) is 61.2 Å². The van der Waals surface area contributed by atoms with Gasteiger partial charge in [-0.25, -0.2) is 4.98 Å². The molecule has 10 rings (SSSR count). The van der Waals surface area contributed by atoms with Crippen molar-refractivity contribution in [1.82, 2.24) is 18.5 Å². The minimum absolute atomic E-state index is 0.156. The van der Waals surface area contributed by atoms with Crippen molar-refractivity contribution in [2.45, 2.75) is 0 Å². The fraction of sp³-hybridized carbons (Fsp3) is 0. The maximum Gasteiger partial charge on any atom is 0.299 e. The van der Waals surface area contributed by atoms with Gasteiger partial charge in [-0.3, -0.25) is 13.8 Å². The van der Waals surface area contributed by atoms with Crippen LogP contribution in [0.25, 0.3) is 83.1 Å². The average Bonchev–Trinajstić information content (AvgIpc) is 3.72. The van der Waals surface area contributed by atoms with E-state index in [2.05, 4.69) is 120 Å². The third-order valence-corrected chi connectivity index (χ3v) is 9.65. The molecule has 10 aromatic rings. The van der Waals surface area contributed by atoms with Crippen LogP contribution in [0.5, 0.6) is 0 Å². The molecule has 0 aliphatic carbocycles. The number of hydrogen-bond acceptors (Lipinski definition) is 2. The number of hydrogen-bond donors (Lipinski definition) is 0. The number of imidazole rings is 1. The molecular formula is C44H28N4O. The monoisotopic (exact) mass is 628 g/mol. The van der Waals surface area contributed by atoms with E-state index in [1.54, 1.807) is 4.57 Å². The second-order valence-electron chi connectivity index (χ2n) is 12.4. The van der Waals surface area contributed by atoms with Crippen LogP contribution in [0.4, 0.5) is 0 Å². The van der Waals surface area contributed by atoms with Gasteiger partial charge in [-0.05, 0) is 89.0 Å². The molecule has 3 aromatic heterocycles. The Balaban J connectivity index is 1.19. The first-order chi connectivity index (χ1) is 24.2. The largest absolute Gasteiger partial charge is 0.309 e. The van der Waals surface area contributed by atoms with Gasteiger partial charge in [0.05, 0.1) is 33.1 Å². The Morgan fingerprint density at radius 3 is 1.67 bits per heavy atom. The first kappa shape index (κ1) is 27.4. The van der Waals surface area contributed by atoms with Crippen LogP contribution in [0.2, 0.25) is 0 Å². The van der Waals surface area contributed by atoms with Gasteiger partial charge in [0.1, 0.15) is 0 Å². The molecule has 49 heavy (non-hydrogen) atoms. The van der Waals surface area contributed by atoms with Crippen LogP contribution in [0.15, 0.2) is 175 Å². The Morgan fingerprint density at radius 1 is 0.388 bits per heavy atom. The standard InChI is InChI=1S/C44H28N4O/c49-44-43-45-37-27-31(30-20-23-39-36(26-30)35-18-10-11-19-38(35)46(39)33-14-6-2-7-15-33)21-24-40(37)48(43)41-25-22-32(29-12-4-1-5-13-29)28-42(41)47(44)34-16-8-3-9-17-34/h1-28H. The van der Waals surface area contributed by atoms with Gasteiger partial charge < -0.3 is 4.57 Å². The maximum absolute atomic E-state index is 14.4. The van der Waals surface area contributed by atoms with Crippen molar-refractivity contribution >= 4 is 49.5 Å². The summed E-state index contributed by atoms with van der Waals surface area (Å²) in [6.45, 7) is 0. The molecule has 0 saturated heterocycles. The molecule has 0 radical (unpaired) electrons. The molecule has 0 bridgehead atoms. The topological polar surface area (TPSA) is 44.2 Å². The summed E-state index contributed by atoms with van der Waals surface area (Å²) in [5.74, 6) is 0. The number of para-hydroxylation sites is 3. The SMILES string of the molecule is O=c1c2nc3cc(-c4ccc5c(c4)c4ccccc4n5-c4ccccc4)ccc3n2c2ccc(-c3ccccc3)cc2n1-c1ccccc1. The number of fused-ring (bicyclic) bond motifs is 8. The summed E-state index contributed by atoms with van der Waals surface area (Å²) in [4.78, 5) is 19.4. The van der Waals surface area contributed by atoms with E-state index >= 15 is 0 Å². The highest BCUT2D eigenvalue weighted by atomic mass is 16.1. The fourth-order valence-corrected chi connectivity index (χ4v) is 7.40. The molecule has 5 nitrogen and oxygen atoms in total. The molecule has 230 valence electrons. The number of nitrogens with zero attached hydrogens (tertiary/aromatic N) is 4. The van der Waals surface area contributed by atoms with Crippen LogP contribution < -0.4 is 5.56 Å². The van der Waals surface area contributed by atoms with Crippen LogP contribution in [0.1, 0.15) is 0 Å². The van der Waals surface area contributed by atoms with Crippen molar-refractivity contribution < 1.29 is 0 Å². The summed E-state index contributed by atoms with van der Waals surface area (Å²) in [6, 6.07) is 58.5. The van der Waals surface area contributed by atoms with E-state index in [9.17, 15) is 4.79 Å². The molecule has 0 saturated carbocycles. The molecule has 7 aromatic carbocycles. The molecular weight excluding hydrogens is 601 g/mol. The molecule has 0 aliphatic rings. The summed E-state index contributed by atoms with van der Waals surface area (Å²) in [6.07, 6.45) is 0. The summed E-state index contributed by atoms with van der Waals surface area (Å²) in [7, 11) is 0. The molecule has 0 spiro atoms. The summed E-state index contributed by atoms with van der Waals surface area (Å²) >= 11 is 0. The first-order valence-corrected chi connectivity index (χ1v) is 16.4. The first-order valence-electron chi connectivity index (χ1n) is 16.4. The molecule has 0 N–H and O–H groups in total. The molecule has 0 fully saturated rings. The molecule has 0 atom stereocenters. The zero-order valence-electron chi connectivity index (χ0n) is 26.4. The van der Waals surface area contributed by atoms with Gasteiger partial charge in [0.15, 0.2) is 0 Å². The second kappa shape index (κ2) is 10.7. The lowest BCUT2D eigenvalue weighted by Gasteiger charge is -2.14. The Morgan fingerprint density at radius 2 is 0.939 bits per heavy atom. The van der Waals surface area contributed by atoms with E-state index in [4.69, 9.17) is 4.98 Å². The molecule has 5 heteroatoms. The van der Waals surface area contributed by atoms with Crippen molar-refractivity contribution in [1.29, 1.82) is 0 Å². The number of benzene rings is 7. The highest BCUT2D eigenvalue weighted by Gasteiger charge is 2.19. The highest BCUT2D eigenvalue weighted by Crippen LogP contribution is 2.36. The predicted molar refractivity (Wildman–Crippen MR) is 201 cm³/mol. The lowest BCUT2D eigenvalue weighted by molar-refractivity contribution is 1.02. The van der Waals surface area contributed by atoms with Crippen LogP contribution in [0.3, 0.4) is 0 Å². The summed E-state index contributed by atoms with van der Waals surface area (Å²) in [5.41, 5.74) is 12.2. The highest BCUT2D eigenvalue weighted by molar-refractivity contribution is 6.10. The zero-order chi connectivity index (χ0) is 32.5. The third-order valence-electron chi connectivity index (χ3n) is 9.65. The van der Waals surface area contributed by atoms with Gasteiger partial charge in [-0.2, -0.15) is 0 Å². The van der Waals surface area contributed by atoms with Gasteiger partial charge in [-0.15, -0.1) is 0 Å². The lowest BCUT2D eigenvalue weighted by Crippen LogP contribution is -2.21. The molecule has 3 heterocycles. The number of aromatic nitrogens is 4. The summed E-state index contributed by atoms with van der Waals surface area (Å²) in [5, 5.41) is 2.40. The van der Waals surface area contributed by atoms with Crippen molar-refractivity contribution in [2.24, 2.45) is 0 Å². The Labute approximate surface area is 281 Å². The zero-order valence-corrected chi connectivity index (χ0v) is 26.4. The summed E-state index contributed by atoms with van der Waals surface area (Å²) < 4.78 is 6.13. The third kappa shape index (κ3) is 4.19. The van der Waals surface area contributed by atoms with Gasteiger partial charge in [0, 0.05) is 22.1 Å². The lowest BCUT2D eigenvalue weighted by atomic mass is 10.0. The van der Waals surface area contributed by atoms with Crippen LogP contribution >= 0.6 is 0 Å². The van der Waals surface area contributed by atoms with Gasteiger partial charge in [0.25, 0.3) is 5.56 Å². The second-order valence-corrected chi connectivity index (χ2v) is 12.4. The van der Waals surface area contributed by atoms with E-state index in [1.165, 1.54) is 16.3 Å². The smallest absolute Gasteiger partial charge is 0.299 e. The maximum atomic E-state index is 14.4. The normalized spacial score (nSPS) is 11.8. The predicted octanol–water partition coefficient (Wildman–Crippen LogP) is 10.2. The van der Waals surface area contributed by atoms with Gasteiger partial charge in [0.2, 0.25) is 5.65 Å². The van der Waals surface area contributed by atoms with Gasteiger partial charge >= 0.3 is 0 Å². The quantitative estimate of drug-likeness (QED) is 0.195. The van der Waals surface area contributed by atoms with Crippen LogP contribution in [0, 0.1) is 0 Å². The minimum atomic E-state index is -0.156. The number of rotatable bonds is 4. The Kier molecular flexibility index (Phi) is 5.96. The van der Waals surface area contributed by atoms with E-state index in [0.29, 0.717) is 5.65 Å². The van der Waals surface area contributed by atoms with Crippen molar-refractivity contribution in [3.05, 3.63) is 180 Å². The van der Waals surface area contributed by atoms with E-state index in [1.807, 2.05) is 59.0 Å². The van der Waals surface area contributed by atoms with Crippen molar-refractivity contribution in [3.63, 3.8) is 0 Å². The molecule has 0 amide bonds. The van der Waals surface area contributed by atoms with Crippen LogP contribution in [-0.2, 0) is 0 Å².